The molecule has 9 heteroatoms. The molecule has 24 heavy (non-hydrogen) atoms. The van der Waals surface area contributed by atoms with Gasteiger partial charge in [0.1, 0.15) is 6.54 Å². The molecule has 2 aromatic carbocycles. The smallest absolute Gasteiger partial charge is 0.322 e. The lowest BCUT2D eigenvalue weighted by Gasteiger charge is -2.10. The van der Waals surface area contributed by atoms with Crippen molar-refractivity contribution in [2.75, 3.05) is 17.2 Å². The van der Waals surface area contributed by atoms with Crippen LogP contribution in [0.3, 0.4) is 0 Å². The summed E-state index contributed by atoms with van der Waals surface area (Å²) in [6, 6.07) is 11.5. The summed E-state index contributed by atoms with van der Waals surface area (Å²) in [5, 5.41) is 16.3. The maximum Gasteiger partial charge on any atom is 0.322 e. The van der Waals surface area contributed by atoms with Gasteiger partial charge in [0.2, 0.25) is 17.2 Å². The molecule has 0 saturated heterocycles. The average molecular weight is 362 g/mol. The molecule has 122 valence electrons. The van der Waals surface area contributed by atoms with E-state index in [2.05, 4.69) is 38.2 Å². The number of benzene rings is 2. The predicted octanol–water partition coefficient (Wildman–Crippen LogP) is 3.21. The SMILES string of the molecule is O=C(O)CNc1nc(Cl)nc(Nc2cccc3cc(S)ccc23)n1. The summed E-state index contributed by atoms with van der Waals surface area (Å²) < 4.78 is 0. The maximum absolute atomic E-state index is 10.6. The lowest BCUT2D eigenvalue weighted by Crippen LogP contribution is -2.15. The number of carboxylic acid groups (broad SMARTS) is 1. The van der Waals surface area contributed by atoms with E-state index in [0.717, 1.165) is 21.4 Å². The summed E-state index contributed by atoms with van der Waals surface area (Å²) in [6.07, 6.45) is 0. The first-order chi connectivity index (χ1) is 11.5. The number of thiol groups is 1. The molecule has 0 amide bonds. The average Bonchev–Trinajstić information content (AvgIpc) is 2.52. The van der Waals surface area contributed by atoms with Crippen LogP contribution in [0, 0.1) is 0 Å². The number of nitrogens with one attached hydrogen (secondary N) is 2. The van der Waals surface area contributed by atoms with Gasteiger partial charge in [-0.2, -0.15) is 15.0 Å². The Kier molecular flexibility index (Phi) is 4.68. The Balaban J connectivity index is 1.92. The Morgan fingerprint density at radius 3 is 2.75 bits per heavy atom. The summed E-state index contributed by atoms with van der Waals surface area (Å²) in [5.74, 6) is -0.735. The van der Waals surface area contributed by atoms with E-state index in [1.807, 2.05) is 36.4 Å². The number of aromatic nitrogens is 3. The molecule has 0 bridgehead atoms. The normalized spacial score (nSPS) is 10.6. The van der Waals surface area contributed by atoms with Gasteiger partial charge in [-0.05, 0) is 35.2 Å². The van der Waals surface area contributed by atoms with Crippen LogP contribution in [0.5, 0.6) is 0 Å². The Morgan fingerprint density at radius 2 is 1.96 bits per heavy atom. The van der Waals surface area contributed by atoms with Crippen LogP contribution in [0.1, 0.15) is 0 Å². The molecule has 3 rings (SSSR count). The second-order valence-electron chi connectivity index (χ2n) is 4.83. The highest BCUT2D eigenvalue weighted by Crippen LogP contribution is 2.27. The van der Waals surface area contributed by atoms with Gasteiger partial charge in [-0.3, -0.25) is 4.79 Å². The van der Waals surface area contributed by atoms with Crippen LogP contribution < -0.4 is 10.6 Å². The fourth-order valence-corrected chi connectivity index (χ4v) is 2.51. The third-order valence-electron chi connectivity index (χ3n) is 3.12. The molecule has 3 aromatic rings. The Hall–Kier alpha value is -2.58. The number of rotatable bonds is 5. The van der Waals surface area contributed by atoms with Gasteiger partial charge < -0.3 is 15.7 Å². The summed E-state index contributed by atoms with van der Waals surface area (Å²) in [5.41, 5.74) is 0.785. The lowest BCUT2D eigenvalue weighted by molar-refractivity contribution is -0.134. The van der Waals surface area contributed by atoms with E-state index in [-0.39, 0.29) is 23.7 Å². The van der Waals surface area contributed by atoms with Gasteiger partial charge in [0, 0.05) is 16.0 Å². The number of fused-ring (bicyclic) bond motifs is 1. The second-order valence-corrected chi connectivity index (χ2v) is 5.69. The highest BCUT2D eigenvalue weighted by atomic mass is 35.5. The van der Waals surface area contributed by atoms with Gasteiger partial charge in [0.05, 0.1) is 0 Å². The van der Waals surface area contributed by atoms with E-state index in [1.165, 1.54) is 0 Å². The number of hydrogen-bond donors (Lipinski definition) is 4. The van der Waals surface area contributed by atoms with Gasteiger partial charge in [-0.1, -0.05) is 18.2 Å². The second kappa shape index (κ2) is 6.90. The van der Waals surface area contributed by atoms with E-state index in [9.17, 15) is 4.79 Å². The Bertz CT molecular complexity index is 922. The maximum atomic E-state index is 10.6. The van der Waals surface area contributed by atoms with Crippen molar-refractivity contribution in [3.8, 4) is 0 Å². The summed E-state index contributed by atoms with van der Waals surface area (Å²) >= 11 is 10.2. The van der Waals surface area contributed by atoms with Gasteiger partial charge in [-0.25, -0.2) is 0 Å². The Morgan fingerprint density at radius 1 is 1.17 bits per heavy atom. The van der Waals surface area contributed by atoms with E-state index in [0.29, 0.717) is 0 Å². The van der Waals surface area contributed by atoms with Crippen molar-refractivity contribution >= 4 is 58.6 Å². The molecule has 0 unspecified atom stereocenters. The molecule has 0 aliphatic carbocycles. The highest BCUT2D eigenvalue weighted by Gasteiger charge is 2.08. The first-order valence-electron chi connectivity index (χ1n) is 6.87. The molecule has 1 aromatic heterocycles. The summed E-state index contributed by atoms with van der Waals surface area (Å²) in [7, 11) is 0. The van der Waals surface area contributed by atoms with Crippen molar-refractivity contribution in [2.45, 2.75) is 4.90 Å². The molecule has 7 nitrogen and oxygen atoms in total. The van der Waals surface area contributed by atoms with Crippen LogP contribution in [-0.4, -0.2) is 32.6 Å². The Labute approximate surface area is 147 Å². The number of hydrogen-bond acceptors (Lipinski definition) is 7. The number of aliphatic carboxylic acids is 1. The van der Waals surface area contributed by atoms with Crippen molar-refractivity contribution in [3.05, 3.63) is 41.7 Å². The molecular formula is C15H12ClN5O2S. The number of carbonyl (C=O) groups is 1. The van der Waals surface area contributed by atoms with Crippen LogP contribution in [-0.2, 0) is 4.79 Å². The summed E-state index contributed by atoms with van der Waals surface area (Å²) in [6.45, 7) is -0.321. The topological polar surface area (TPSA) is 100 Å². The first-order valence-corrected chi connectivity index (χ1v) is 7.70. The highest BCUT2D eigenvalue weighted by molar-refractivity contribution is 7.80. The van der Waals surface area contributed by atoms with E-state index < -0.39 is 5.97 Å². The molecule has 0 spiro atoms. The molecule has 3 N–H and O–H groups in total. The van der Waals surface area contributed by atoms with Crippen molar-refractivity contribution < 1.29 is 9.90 Å². The van der Waals surface area contributed by atoms with Crippen molar-refractivity contribution in [2.24, 2.45) is 0 Å². The van der Waals surface area contributed by atoms with Crippen molar-refractivity contribution in [1.29, 1.82) is 0 Å². The van der Waals surface area contributed by atoms with Crippen LogP contribution in [0.4, 0.5) is 17.6 Å². The fraction of sp³-hybridized carbons (Fsp3) is 0.0667. The molecule has 0 aliphatic rings. The molecule has 0 radical (unpaired) electrons. The van der Waals surface area contributed by atoms with Crippen LogP contribution in [0.2, 0.25) is 5.28 Å². The zero-order chi connectivity index (χ0) is 17.1. The van der Waals surface area contributed by atoms with E-state index >= 15 is 0 Å². The van der Waals surface area contributed by atoms with Crippen LogP contribution in [0.25, 0.3) is 10.8 Å². The van der Waals surface area contributed by atoms with Gasteiger partial charge in [0.15, 0.2) is 0 Å². The minimum absolute atomic E-state index is 0.0433. The third kappa shape index (κ3) is 3.84. The monoisotopic (exact) mass is 361 g/mol. The fourth-order valence-electron chi connectivity index (χ4n) is 2.14. The first kappa shape index (κ1) is 16.3. The molecular weight excluding hydrogens is 350 g/mol. The number of carboxylic acids is 1. The third-order valence-corrected chi connectivity index (χ3v) is 3.56. The largest absolute Gasteiger partial charge is 0.480 e. The standard InChI is InChI=1S/C15H12ClN5O2S/c16-13-19-14(17-7-12(22)23)21-15(20-13)18-11-3-1-2-8-6-9(24)4-5-10(8)11/h1-6,24H,7H2,(H,22,23)(H2,17,18,19,20,21). The van der Waals surface area contributed by atoms with E-state index in [1.54, 1.807) is 0 Å². The molecule has 0 aliphatic heterocycles. The van der Waals surface area contributed by atoms with Gasteiger partial charge in [-0.15, -0.1) is 12.6 Å². The zero-order valence-electron chi connectivity index (χ0n) is 12.2. The zero-order valence-corrected chi connectivity index (χ0v) is 13.8. The van der Waals surface area contributed by atoms with Crippen LogP contribution >= 0.6 is 24.2 Å². The van der Waals surface area contributed by atoms with Crippen molar-refractivity contribution in [3.63, 3.8) is 0 Å². The molecule has 0 fully saturated rings. The van der Waals surface area contributed by atoms with Gasteiger partial charge in [0.25, 0.3) is 0 Å². The number of anilines is 3. The summed E-state index contributed by atoms with van der Waals surface area (Å²) in [4.78, 5) is 23.5. The van der Waals surface area contributed by atoms with E-state index in [4.69, 9.17) is 16.7 Å². The van der Waals surface area contributed by atoms with Crippen LogP contribution in [0.15, 0.2) is 41.3 Å². The number of halogens is 1. The minimum atomic E-state index is -1.03. The molecule has 0 atom stereocenters. The minimum Gasteiger partial charge on any atom is -0.480 e. The molecule has 0 saturated carbocycles. The lowest BCUT2D eigenvalue weighted by atomic mass is 10.1. The molecule has 1 heterocycles. The van der Waals surface area contributed by atoms with Crippen molar-refractivity contribution in [1.82, 2.24) is 15.0 Å². The quantitative estimate of drug-likeness (QED) is 0.518. The van der Waals surface area contributed by atoms with Gasteiger partial charge >= 0.3 is 5.97 Å². The predicted molar refractivity (Wildman–Crippen MR) is 95.4 cm³/mol. The number of nitrogens with zero attached hydrogens (tertiary/aromatic N) is 3.